The van der Waals surface area contributed by atoms with Crippen molar-refractivity contribution >= 4 is 39.8 Å². The minimum absolute atomic E-state index is 0.0748. The first-order chi connectivity index (χ1) is 14.6. The summed E-state index contributed by atoms with van der Waals surface area (Å²) in [6.45, 7) is 0. The van der Waals surface area contributed by atoms with Crippen LogP contribution in [0.25, 0.3) is 16.7 Å². The van der Waals surface area contributed by atoms with Crippen molar-refractivity contribution in [2.45, 2.75) is 5.92 Å². The fourth-order valence-corrected chi connectivity index (χ4v) is 4.27. The van der Waals surface area contributed by atoms with Crippen molar-refractivity contribution in [2.75, 3.05) is 0 Å². The third-order valence-corrected chi connectivity index (χ3v) is 5.81. The second kappa shape index (κ2) is 7.01. The molecule has 4 nitrogen and oxygen atoms in total. The molecule has 0 spiro atoms. The number of hydrogen-bond donors (Lipinski definition) is 2. The Hall–Kier alpha value is -3.63. The average Bonchev–Trinajstić information content (AvgIpc) is 3.20. The summed E-state index contributed by atoms with van der Waals surface area (Å²) in [5, 5.41) is 12.6. The average molecular weight is 414 g/mol. The smallest absolute Gasteiger partial charge is 0.234 e. The number of H-pyrrole nitrogens is 1. The molecule has 4 aromatic rings. The predicted octanol–water partition coefficient (Wildman–Crippen LogP) is 5.69. The van der Waals surface area contributed by atoms with Gasteiger partial charge >= 0.3 is 0 Å². The van der Waals surface area contributed by atoms with Crippen molar-refractivity contribution in [1.29, 1.82) is 0 Å². The quantitative estimate of drug-likeness (QED) is 0.424. The van der Waals surface area contributed by atoms with Crippen LogP contribution >= 0.6 is 11.6 Å². The van der Waals surface area contributed by atoms with Crippen LogP contribution in [0.4, 0.5) is 0 Å². The molecule has 1 aliphatic carbocycles. The second-order valence-electron chi connectivity index (χ2n) is 7.24. The summed E-state index contributed by atoms with van der Waals surface area (Å²) in [6.07, 6.45) is 1.82. The van der Waals surface area contributed by atoms with Gasteiger partial charge in [0.2, 0.25) is 11.6 Å². The summed E-state index contributed by atoms with van der Waals surface area (Å²) in [5.74, 6) is -2.11. The maximum Gasteiger partial charge on any atom is 0.234 e. The van der Waals surface area contributed by atoms with Crippen molar-refractivity contribution in [3.63, 3.8) is 0 Å². The number of nitrogens with one attached hydrogen (secondary N) is 1. The maximum absolute atomic E-state index is 13.2. The van der Waals surface area contributed by atoms with E-state index >= 15 is 0 Å². The lowest BCUT2D eigenvalue weighted by molar-refractivity contribution is -0.112. The number of aromatic nitrogens is 1. The van der Waals surface area contributed by atoms with Crippen LogP contribution in [0, 0.1) is 0 Å². The standard InChI is InChI=1S/C25H16ClNO3/c26-15-11-9-14(10-12-15)21(19-13-27-20-8-4-3-5-16(19)20)22-23(28)17-6-1-2-7-18(17)24(29)25(22)30/h1-13,21,27-28H. The van der Waals surface area contributed by atoms with Gasteiger partial charge in [0.25, 0.3) is 0 Å². The number of carbonyl (C=O) groups excluding carboxylic acids is 2. The van der Waals surface area contributed by atoms with Crippen LogP contribution in [-0.2, 0) is 4.79 Å². The molecule has 30 heavy (non-hydrogen) atoms. The molecule has 146 valence electrons. The highest BCUT2D eigenvalue weighted by Gasteiger charge is 2.38. The lowest BCUT2D eigenvalue weighted by atomic mass is 9.76. The molecule has 0 aliphatic heterocycles. The molecule has 0 radical (unpaired) electrons. The van der Waals surface area contributed by atoms with E-state index in [1.165, 1.54) is 0 Å². The van der Waals surface area contributed by atoms with E-state index in [0.717, 1.165) is 22.0 Å². The van der Waals surface area contributed by atoms with Gasteiger partial charge < -0.3 is 10.1 Å². The molecule has 1 atom stereocenters. The number of benzene rings is 3. The molecule has 0 saturated carbocycles. The fourth-order valence-electron chi connectivity index (χ4n) is 4.14. The molecule has 0 fully saturated rings. The molecule has 0 amide bonds. The first-order valence-electron chi connectivity index (χ1n) is 9.49. The zero-order valence-electron chi connectivity index (χ0n) is 15.7. The Bertz CT molecular complexity index is 1350. The Morgan fingerprint density at radius 2 is 1.47 bits per heavy atom. The SMILES string of the molecule is O=C1C(=O)c2ccccc2C(O)=C1C(c1ccc(Cl)cc1)c1c[nH]c2ccccc12. The highest BCUT2D eigenvalue weighted by molar-refractivity contribution is 6.52. The minimum Gasteiger partial charge on any atom is -0.507 e. The number of hydrogen-bond acceptors (Lipinski definition) is 3. The predicted molar refractivity (Wildman–Crippen MR) is 117 cm³/mol. The number of fused-ring (bicyclic) bond motifs is 2. The van der Waals surface area contributed by atoms with Gasteiger partial charge in [-0.15, -0.1) is 0 Å². The second-order valence-corrected chi connectivity index (χ2v) is 7.68. The Labute approximate surface area is 177 Å². The summed E-state index contributed by atoms with van der Waals surface area (Å²) >= 11 is 6.08. The number of aliphatic hydroxyl groups is 1. The molecule has 5 heteroatoms. The topological polar surface area (TPSA) is 70.2 Å². The number of aliphatic hydroxyl groups excluding tert-OH is 1. The molecule has 0 saturated heterocycles. The highest BCUT2D eigenvalue weighted by atomic mass is 35.5. The Morgan fingerprint density at radius 1 is 0.800 bits per heavy atom. The number of rotatable bonds is 3. The van der Waals surface area contributed by atoms with Gasteiger partial charge in [-0.05, 0) is 29.3 Å². The Morgan fingerprint density at radius 3 is 2.23 bits per heavy atom. The van der Waals surface area contributed by atoms with Crippen molar-refractivity contribution in [3.05, 3.63) is 112 Å². The van der Waals surface area contributed by atoms with Gasteiger partial charge in [0, 0.05) is 39.2 Å². The lowest BCUT2D eigenvalue weighted by Gasteiger charge is -2.25. The molecular formula is C25H16ClNO3. The lowest BCUT2D eigenvalue weighted by Crippen LogP contribution is -2.27. The van der Waals surface area contributed by atoms with Crippen LogP contribution in [-0.4, -0.2) is 21.7 Å². The van der Waals surface area contributed by atoms with Gasteiger partial charge in [-0.25, -0.2) is 0 Å². The molecule has 1 heterocycles. The van der Waals surface area contributed by atoms with Crippen molar-refractivity contribution in [3.8, 4) is 0 Å². The van der Waals surface area contributed by atoms with Crippen LogP contribution in [0.2, 0.25) is 5.02 Å². The van der Waals surface area contributed by atoms with Crippen LogP contribution in [0.3, 0.4) is 0 Å². The molecule has 0 bridgehead atoms. The van der Waals surface area contributed by atoms with Crippen LogP contribution in [0.15, 0.2) is 84.6 Å². The van der Waals surface area contributed by atoms with E-state index in [9.17, 15) is 14.7 Å². The van der Waals surface area contributed by atoms with Gasteiger partial charge in [-0.1, -0.05) is 66.2 Å². The van der Waals surface area contributed by atoms with E-state index in [1.807, 2.05) is 42.6 Å². The van der Waals surface area contributed by atoms with Crippen molar-refractivity contribution in [1.82, 2.24) is 4.98 Å². The largest absolute Gasteiger partial charge is 0.507 e. The van der Waals surface area contributed by atoms with Crippen LogP contribution in [0.1, 0.15) is 33.0 Å². The normalized spacial score (nSPS) is 14.8. The molecule has 1 aliphatic rings. The summed E-state index contributed by atoms with van der Waals surface area (Å²) in [7, 11) is 0. The van der Waals surface area contributed by atoms with Gasteiger partial charge in [0.05, 0.1) is 5.57 Å². The van der Waals surface area contributed by atoms with Crippen molar-refractivity contribution < 1.29 is 14.7 Å². The highest BCUT2D eigenvalue weighted by Crippen LogP contribution is 2.42. The van der Waals surface area contributed by atoms with Gasteiger partial charge in [-0.3, -0.25) is 9.59 Å². The summed E-state index contributed by atoms with van der Waals surface area (Å²) in [4.78, 5) is 29.3. The number of ketones is 2. The monoisotopic (exact) mass is 413 g/mol. The maximum atomic E-state index is 13.2. The van der Waals surface area contributed by atoms with Gasteiger partial charge in [0.1, 0.15) is 5.76 Å². The number of carbonyl (C=O) groups is 2. The molecular weight excluding hydrogens is 398 g/mol. The van der Waals surface area contributed by atoms with E-state index in [2.05, 4.69) is 4.98 Å². The van der Waals surface area contributed by atoms with Gasteiger partial charge in [-0.2, -0.15) is 0 Å². The summed E-state index contributed by atoms with van der Waals surface area (Å²) in [6, 6.07) is 21.4. The summed E-state index contributed by atoms with van der Waals surface area (Å²) in [5.41, 5.74) is 3.13. The third kappa shape index (κ3) is 2.77. The van der Waals surface area contributed by atoms with E-state index in [1.54, 1.807) is 36.4 Å². The number of Topliss-reactive ketones (excluding diaryl/α,β-unsaturated/α-hetero) is 2. The number of aromatic amines is 1. The van der Waals surface area contributed by atoms with Gasteiger partial charge in [0.15, 0.2) is 0 Å². The first-order valence-corrected chi connectivity index (χ1v) is 9.87. The van der Waals surface area contributed by atoms with Crippen molar-refractivity contribution in [2.24, 2.45) is 0 Å². The van der Waals surface area contributed by atoms with Crippen LogP contribution < -0.4 is 0 Å². The number of halogens is 1. The summed E-state index contributed by atoms with van der Waals surface area (Å²) < 4.78 is 0. The van der Waals surface area contributed by atoms with E-state index in [0.29, 0.717) is 10.6 Å². The van der Waals surface area contributed by atoms with E-state index in [4.69, 9.17) is 11.6 Å². The number of para-hydroxylation sites is 1. The molecule has 1 unspecified atom stereocenters. The fraction of sp³-hybridized carbons (Fsp3) is 0.0400. The van der Waals surface area contributed by atoms with E-state index < -0.39 is 17.5 Å². The third-order valence-electron chi connectivity index (χ3n) is 5.56. The minimum atomic E-state index is -0.698. The Balaban J connectivity index is 1.82. The molecule has 3 aromatic carbocycles. The zero-order valence-corrected chi connectivity index (χ0v) is 16.5. The molecule has 2 N–H and O–H groups in total. The molecule has 1 aromatic heterocycles. The first kappa shape index (κ1) is 18.4. The zero-order chi connectivity index (χ0) is 20.8. The number of allylic oxidation sites excluding steroid dienone is 1. The molecule has 5 rings (SSSR count). The Kier molecular flexibility index (Phi) is 4.30. The van der Waals surface area contributed by atoms with Crippen LogP contribution in [0.5, 0.6) is 0 Å². The van der Waals surface area contributed by atoms with E-state index in [-0.39, 0.29) is 16.9 Å².